The first-order valence-corrected chi connectivity index (χ1v) is 10.6. The van der Waals surface area contributed by atoms with Crippen molar-refractivity contribution in [2.45, 2.75) is 4.90 Å². The van der Waals surface area contributed by atoms with Crippen molar-refractivity contribution in [3.63, 3.8) is 0 Å². The van der Waals surface area contributed by atoms with Crippen molar-refractivity contribution in [1.29, 1.82) is 0 Å². The number of carbonyl (C=O) groups excluding carboxylic acids is 1. The molecule has 29 heavy (non-hydrogen) atoms. The molecule has 0 aliphatic carbocycles. The van der Waals surface area contributed by atoms with Gasteiger partial charge in [-0.1, -0.05) is 23.7 Å². The van der Waals surface area contributed by atoms with E-state index in [1.54, 1.807) is 29.2 Å². The Morgan fingerprint density at radius 3 is 2.38 bits per heavy atom. The molecule has 0 spiro atoms. The number of para-hydroxylation sites is 2. The third-order valence-corrected chi connectivity index (χ3v) is 6.72. The van der Waals surface area contributed by atoms with E-state index in [1.165, 1.54) is 17.5 Å². The van der Waals surface area contributed by atoms with Crippen molar-refractivity contribution in [2.24, 2.45) is 0 Å². The van der Waals surface area contributed by atoms with Crippen LogP contribution in [-0.4, -0.2) is 63.4 Å². The summed E-state index contributed by atoms with van der Waals surface area (Å²) in [5.41, 5.74) is 0. The lowest BCUT2D eigenvalue weighted by Crippen LogP contribution is -2.51. The number of amides is 1. The number of methoxy groups -OCH3 is 1. The lowest BCUT2D eigenvalue weighted by atomic mass is 10.3. The summed E-state index contributed by atoms with van der Waals surface area (Å²) in [6.07, 6.45) is 0. The molecule has 10 heteroatoms. The summed E-state index contributed by atoms with van der Waals surface area (Å²) in [6, 6.07) is 10.3. The first-order valence-electron chi connectivity index (χ1n) is 8.81. The second kappa shape index (κ2) is 8.98. The van der Waals surface area contributed by atoms with E-state index in [1.807, 2.05) is 0 Å². The standard InChI is InChI=1S/C19H20ClFN2O5S/c1-27-17-4-2-3-5-18(17)28-13-19(24)22-8-10-23(11-9-22)29(25,26)14-6-7-16(21)15(20)12-14/h2-7,12H,8-11,13H2,1H3. The molecule has 0 aromatic heterocycles. The molecule has 0 bridgehead atoms. The van der Waals surface area contributed by atoms with Gasteiger partial charge >= 0.3 is 0 Å². The first kappa shape index (κ1) is 21.4. The smallest absolute Gasteiger partial charge is 0.260 e. The van der Waals surface area contributed by atoms with Crippen LogP contribution in [0.5, 0.6) is 11.5 Å². The lowest BCUT2D eigenvalue weighted by Gasteiger charge is -2.34. The third-order valence-electron chi connectivity index (χ3n) is 4.54. The zero-order valence-corrected chi connectivity index (χ0v) is 17.2. The molecule has 1 aliphatic heterocycles. The maximum absolute atomic E-state index is 13.3. The van der Waals surface area contributed by atoms with Gasteiger partial charge in [-0.25, -0.2) is 12.8 Å². The van der Waals surface area contributed by atoms with Gasteiger partial charge in [0.25, 0.3) is 5.91 Å². The molecule has 0 radical (unpaired) electrons. The van der Waals surface area contributed by atoms with Gasteiger partial charge in [0.2, 0.25) is 10.0 Å². The van der Waals surface area contributed by atoms with Gasteiger partial charge < -0.3 is 14.4 Å². The van der Waals surface area contributed by atoms with Crippen LogP contribution in [0.25, 0.3) is 0 Å². The van der Waals surface area contributed by atoms with Crippen molar-refractivity contribution in [3.05, 3.63) is 53.3 Å². The average Bonchev–Trinajstić information content (AvgIpc) is 2.74. The van der Waals surface area contributed by atoms with Crippen LogP contribution in [0.1, 0.15) is 0 Å². The topological polar surface area (TPSA) is 76.2 Å². The highest BCUT2D eigenvalue weighted by Gasteiger charge is 2.30. The predicted molar refractivity (Wildman–Crippen MR) is 105 cm³/mol. The number of hydrogen-bond donors (Lipinski definition) is 0. The first-order chi connectivity index (χ1) is 13.8. The summed E-state index contributed by atoms with van der Waals surface area (Å²) in [7, 11) is -2.31. The van der Waals surface area contributed by atoms with Gasteiger partial charge in [0.1, 0.15) is 5.82 Å². The van der Waals surface area contributed by atoms with Crippen LogP contribution in [0, 0.1) is 5.82 Å². The second-order valence-corrected chi connectivity index (χ2v) is 8.65. The number of nitrogens with zero attached hydrogens (tertiary/aromatic N) is 2. The second-order valence-electron chi connectivity index (χ2n) is 6.30. The van der Waals surface area contributed by atoms with Crippen molar-refractivity contribution < 1.29 is 27.1 Å². The zero-order chi connectivity index (χ0) is 21.0. The third kappa shape index (κ3) is 4.80. The van der Waals surface area contributed by atoms with Crippen molar-refractivity contribution in [2.75, 3.05) is 39.9 Å². The van der Waals surface area contributed by atoms with Crippen LogP contribution in [0.2, 0.25) is 5.02 Å². The minimum Gasteiger partial charge on any atom is -0.493 e. The number of carbonyl (C=O) groups is 1. The maximum atomic E-state index is 13.3. The lowest BCUT2D eigenvalue weighted by molar-refractivity contribution is -0.134. The zero-order valence-electron chi connectivity index (χ0n) is 15.7. The van der Waals surface area contributed by atoms with Crippen molar-refractivity contribution >= 4 is 27.5 Å². The highest BCUT2D eigenvalue weighted by atomic mass is 35.5. The Morgan fingerprint density at radius 1 is 1.10 bits per heavy atom. The Labute approximate surface area is 173 Å². The highest BCUT2D eigenvalue weighted by molar-refractivity contribution is 7.89. The average molecular weight is 443 g/mol. The molecule has 7 nitrogen and oxygen atoms in total. The molecule has 0 atom stereocenters. The highest BCUT2D eigenvalue weighted by Crippen LogP contribution is 2.26. The number of benzene rings is 2. The Balaban J connectivity index is 1.58. The largest absolute Gasteiger partial charge is 0.493 e. The van der Waals surface area contributed by atoms with Gasteiger partial charge in [-0.15, -0.1) is 0 Å². The van der Waals surface area contributed by atoms with Crippen LogP contribution in [-0.2, 0) is 14.8 Å². The molecule has 3 rings (SSSR count). The van der Waals surface area contributed by atoms with Crippen LogP contribution in [0.4, 0.5) is 4.39 Å². The number of halogens is 2. The molecule has 2 aromatic rings. The van der Waals surface area contributed by atoms with Crippen LogP contribution < -0.4 is 9.47 Å². The van der Waals surface area contributed by atoms with Crippen LogP contribution in [0.3, 0.4) is 0 Å². The molecule has 1 saturated heterocycles. The number of sulfonamides is 1. The van der Waals surface area contributed by atoms with E-state index in [2.05, 4.69) is 0 Å². The molecule has 1 aliphatic rings. The Kier molecular flexibility index (Phi) is 6.61. The monoisotopic (exact) mass is 442 g/mol. The number of hydrogen-bond acceptors (Lipinski definition) is 5. The van der Waals surface area contributed by atoms with Crippen LogP contribution in [0.15, 0.2) is 47.4 Å². The van der Waals surface area contributed by atoms with Gasteiger partial charge in [-0.05, 0) is 30.3 Å². The number of ether oxygens (including phenoxy) is 2. The Hall–Kier alpha value is -2.36. The summed E-state index contributed by atoms with van der Waals surface area (Å²) in [5.74, 6) is 0.0424. The molecule has 1 amide bonds. The van der Waals surface area contributed by atoms with Crippen molar-refractivity contribution in [3.8, 4) is 11.5 Å². The fourth-order valence-electron chi connectivity index (χ4n) is 2.93. The molecule has 0 N–H and O–H groups in total. The van der Waals surface area contributed by atoms with Gasteiger partial charge in [0, 0.05) is 26.2 Å². The molecule has 2 aromatic carbocycles. The Morgan fingerprint density at radius 2 is 1.76 bits per heavy atom. The van der Waals surface area contributed by atoms with E-state index in [0.717, 1.165) is 12.1 Å². The maximum Gasteiger partial charge on any atom is 0.260 e. The van der Waals surface area contributed by atoms with Gasteiger partial charge in [0.05, 0.1) is 17.0 Å². The number of rotatable bonds is 6. The molecule has 0 saturated carbocycles. The quantitative estimate of drug-likeness (QED) is 0.686. The van der Waals surface area contributed by atoms with E-state index < -0.39 is 15.8 Å². The van der Waals surface area contributed by atoms with E-state index in [-0.39, 0.29) is 48.6 Å². The minimum absolute atomic E-state index is 0.0804. The molecular weight excluding hydrogens is 423 g/mol. The van der Waals surface area contributed by atoms with E-state index in [4.69, 9.17) is 21.1 Å². The molecule has 156 valence electrons. The van der Waals surface area contributed by atoms with Gasteiger partial charge in [-0.2, -0.15) is 4.31 Å². The minimum atomic E-state index is -3.82. The summed E-state index contributed by atoms with van der Waals surface area (Å²) >= 11 is 5.70. The van der Waals surface area contributed by atoms with E-state index in [0.29, 0.717) is 11.5 Å². The SMILES string of the molecule is COc1ccccc1OCC(=O)N1CCN(S(=O)(=O)c2ccc(F)c(Cl)c2)CC1. The summed E-state index contributed by atoms with van der Waals surface area (Å²) in [4.78, 5) is 13.9. The van der Waals surface area contributed by atoms with Gasteiger partial charge in [0.15, 0.2) is 18.1 Å². The fourth-order valence-corrected chi connectivity index (χ4v) is 4.63. The summed E-state index contributed by atoms with van der Waals surface area (Å²) in [5, 5.41) is -0.256. The normalized spacial score (nSPS) is 15.2. The number of piperazine rings is 1. The predicted octanol–water partition coefficient (Wildman–Crippen LogP) is 2.40. The van der Waals surface area contributed by atoms with E-state index >= 15 is 0 Å². The summed E-state index contributed by atoms with van der Waals surface area (Å²) < 4.78 is 50.7. The molecule has 0 unspecified atom stereocenters. The molecule has 1 heterocycles. The molecule has 1 fully saturated rings. The van der Waals surface area contributed by atoms with E-state index in [9.17, 15) is 17.6 Å². The summed E-state index contributed by atoms with van der Waals surface area (Å²) in [6.45, 7) is 0.515. The Bertz CT molecular complexity index is 994. The fraction of sp³-hybridized carbons (Fsp3) is 0.316. The van der Waals surface area contributed by atoms with Crippen molar-refractivity contribution in [1.82, 2.24) is 9.21 Å². The van der Waals surface area contributed by atoms with Gasteiger partial charge in [-0.3, -0.25) is 4.79 Å². The molecular formula is C19H20ClFN2O5S. The van der Waals surface area contributed by atoms with Crippen LogP contribution >= 0.6 is 11.6 Å².